The van der Waals surface area contributed by atoms with Crippen molar-refractivity contribution < 1.29 is 9.59 Å². The Morgan fingerprint density at radius 3 is 2.50 bits per heavy atom. The van der Waals surface area contributed by atoms with Crippen molar-refractivity contribution in [2.75, 3.05) is 19.6 Å². The first-order valence-electron chi connectivity index (χ1n) is 7.83. The van der Waals surface area contributed by atoms with E-state index in [0.29, 0.717) is 5.82 Å². The molecule has 0 spiro atoms. The highest BCUT2D eigenvalue weighted by atomic mass is 32.1. The van der Waals surface area contributed by atoms with Gasteiger partial charge in [0.25, 0.3) is 0 Å². The zero-order valence-electron chi connectivity index (χ0n) is 13.9. The molecule has 0 aromatic carbocycles. The zero-order valence-corrected chi connectivity index (χ0v) is 14.7. The van der Waals surface area contributed by atoms with Crippen LogP contribution in [0.5, 0.6) is 0 Å². The fourth-order valence-corrected chi connectivity index (χ4v) is 2.90. The molecule has 2 amide bonds. The molecule has 1 heterocycles. The molecule has 1 saturated heterocycles. The normalized spacial score (nSPS) is 20.6. The average Bonchev–Trinajstić information content (AvgIpc) is 2.87. The SMILES string of the molecule is B[C@@H]1CCN(C(=S)[C@@H](NC(=O)CNC(=O)[C@H](C)N)C(C)C)C1. The van der Waals surface area contributed by atoms with E-state index >= 15 is 0 Å². The predicted molar refractivity (Wildman–Crippen MR) is 94.5 cm³/mol. The number of thiocarbonyl (C=S) groups is 1. The Bertz CT molecular complexity index is 431. The molecule has 6 nitrogen and oxygen atoms in total. The van der Waals surface area contributed by atoms with Crippen LogP contribution >= 0.6 is 12.2 Å². The number of likely N-dealkylation sites (tertiary alicyclic amines) is 1. The third-order valence-electron chi connectivity index (χ3n) is 3.82. The molecule has 1 rings (SSSR count). The molecule has 0 bridgehead atoms. The summed E-state index contributed by atoms with van der Waals surface area (Å²) in [5.74, 6) is 0.234. The van der Waals surface area contributed by atoms with E-state index in [1.54, 1.807) is 6.92 Å². The summed E-state index contributed by atoms with van der Waals surface area (Å²) in [5, 5.41) is 5.43. The summed E-state index contributed by atoms with van der Waals surface area (Å²) in [7, 11) is 2.20. The standard InChI is InChI=1S/C14H27BN4O2S/c1-8(2)12(14(22)19-5-4-10(15)7-19)18-11(20)6-17-13(21)9(3)16/h8-10,12H,4-7,15-16H2,1-3H3,(H,17,21)(H,18,20)/t9-,10+,12-/m0/s1. The van der Waals surface area contributed by atoms with Gasteiger partial charge in [-0.15, -0.1) is 0 Å². The second kappa shape index (κ2) is 8.48. The zero-order chi connectivity index (χ0) is 16.9. The molecule has 0 aliphatic carbocycles. The highest BCUT2D eigenvalue weighted by Gasteiger charge is 2.28. The van der Waals surface area contributed by atoms with Gasteiger partial charge in [0.1, 0.15) is 12.8 Å². The molecule has 0 radical (unpaired) electrons. The quantitative estimate of drug-likeness (QED) is 0.433. The van der Waals surface area contributed by atoms with Crippen LogP contribution in [0, 0.1) is 5.92 Å². The minimum absolute atomic E-state index is 0.0807. The van der Waals surface area contributed by atoms with Gasteiger partial charge in [-0.05, 0) is 19.3 Å². The first kappa shape index (κ1) is 18.9. The van der Waals surface area contributed by atoms with Crippen LogP contribution in [-0.4, -0.2) is 61.3 Å². The van der Waals surface area contributed by atoms with E-state index in [2.05, 4.69) is 23.4 Å². The Hall–Kier alpha value is -1.15. The molecule has 8 heteroatoms. The van der Waals surface area contributed by atoms with Crippen molar-refractivity contribution >= 4 is 36.9 Å². The van der Waals surface area contributed by atoms with Crippen LogP contribution in [0.15, 0.2) is 0 Å². The number of nitrogens with two attached hydrogens (primary N) is 1. The van der Waals surface area contributed by atoms with Gasteiger partial charge in [-0.3, -0.25) is 9.59 Å². The number of nitrogens with zero attached hydrogens (tertiary/aromatic N) is 1. The van der Waals surface area contributed by atoms with Crippen LogP contribution < -0.4 is 16.4 Å². The van der Waals surface area contributed by atoms with Gasteiger partial charge >= 0.3 is 0 Å². The van der Waals surface area contributed by atoms with Crippen molar-refractivity contribution in [2.24, 2.45) is 11.7 Å². The maximum Gasteiger partial charge on any atom is 0.239 e. The Kier molecular flexibility index (Phi) is 7.28. The average molecular weight is 326 g/mol. The largest absolute Gasteiger partial charge is 0.365 e. The second-order valence-electron chi connectivity index (χ2n) is 6.47. The van der Waals surface area contributed by atoms with E-state index < -0.39 is 6.04 Å². The molecular weight excluding hydrogens is 299 g/mol. The van der Waals surface area contributed by atoms with Gasteiger partial charge in [0.05, 0.1) is 18.6 Å². The summed E-state index contributed by atoms with van der Waals surface area (Å²) in [5.41, 5.74) is 5.44. The number of carbonyl (C=O) groups is 2. The lowest BCUT2D eigenvalue weighted by molar-refractivity contribution is -0.126. The Balaban J connectivity index is 2.55. The van der Waals surface area contributed by atoms with Crippen LogP contribution in [0.4, 0.5) is 0 Å². The molecule has 3 atom stereocenters. The summed E-state index contributed by atoms with van der Waals surface area (Å²) in [6, 6.07) is -0.819. The van der Waals surface area contributed by atoms with Crippen LogP contribution in [0.25, 0.3) is 0 Å². The highest BCUT2D eigenvalue weighted by molar-refractivity contribution is 7.80. The molecule has 4 N–H and O–H groups in total. The van der Waals surface area contributed by atoms with Gasteiger partial charge in [-0.1, -0.05) is 31.9 Å². The minimum Gasteiger partial charge on any atom is -0.365 e. The van der Waals surface area contributed by atoms with Gasteiger partial charge in [0, 0.05) is 13.1 Å². The van der Waals surface area contributed by atoms with E-state index in [-0.39, 0.29) is 30.3 Å². The van der Waals surface area contributed by atoms with Crippen molar-refractivity contribution in [1.29, 1.82) is 0 Å². The van der Waals surface area contributed by atoms with Crippen molar-refractivity contribution in [1.82, 2.24) is 15.5 Å². The summed E-state index contributed by atoms with van der Waals surface area (Å²) in [4.78, 5) is 26.4. The molecule has 1 aliphatic rings. The Morgan fingerprint density at radius 2 is 2.05 bits per heavy atom. The fourth-order valence-electron chi connectivity index (χ4n) is 2.40. The van der Waals surface area contributed by atoms with Gasteiger partial charge in [-0.25, -0.2) is 0 Å². The first-order valence-corrected chi connectivity index (χ1v) is 8.24. The fraction of sp³-hybridized carbons (Fsp3) is 0.786. The third kappa shape index (κ3) is 5.57. The van der Waals surface area contributed by atoms with Crippen LogP contribution in [0.2, 0.25) is 5.82 Å². The van der Waals surface area contributed by atoms with Crippen molar-refractivity contribution in [2.45, 2.75) is 45.1 Å². The number of nitrogens with one attached hydrogen (secondary N) is 2. The van der Waals surface area contributed by atoms with Gasteiger partial charge in [0.15, 0.2) is 0 Å². The monoisotopic (exact) mass is 326 g/mol. The van der Waals surface area contributed by atoms with Crippen LogP contribution in [0.3, 0.4) is 0 Å². The van der Waals surface area contributed by atoms with Crippen molar-refractivity contribution in [3.8, 4) is 0 Å². The minimum atomic E-state index is -0.624. The van der Waals surface area contributed by atoms with Gasteiger partial charge in [-0.2, -0.15) is 0 Å². The number of amides is 2. The number of hydrogen-bond acceptors (Lipinski definition) is 4. The molecule has 124 valence electrons. The molecule has 1 aliphatic heterocycles. The lowest BCUT2D eigenvalue weighted by Gasteiger charge is -2.30. The van der Waals surface area contributed by atoms with E-state index in [1.807, 2.05) is 13.8 Å². The van der Waals surface area contributed by atoms with Gasteiger partial charge < -0.3 is 21.3 Å². The lowest BCUT2D eigenvalue weighted by atomic mass is 9.87. The molecule has 22 heavy (non-hydrogen) atoms. The van der Waals surface area contributed by atoms with E-state index in [1.165, 1.54) is 0 Å². The molecule has 0 aromatic heterocycles. The molecule has 1 fully saturated rings. The number of carbonyl (C=O) groups excluding carboxylic acids is 2. The summed E-state index contributed by atoms with van der Waals surface area (Å²) >= 11 is 5.56. The van der Waals surface area contributed by atoms with E-state index in [0.717, 1.165) is 24.5 Å². The molecule has 0 aromatic rings. The Labute approximate surface area is 139 Å². The van der Waals surface area contributed by atoms with Crippen LogP contribution in [-0.2, 0) is 9.59 Å². The maximum absolute atomic E-state index is 12.0. The van der Waals surface area contributed by atoms with E-state index in [9.17, 15) is 9.59 Å². The summed E-state index contributed by atoms with van der Waals surface area (Å²) in [6.07, 6.45) is 1.13. The lowest BCUT2D eigenvalue weighted by Crippen LogP contribution is -2.52. The topological polar surface area (TPSA) is 87.5 Å². The number of rotatable bonds is 6. The first-order chi connectivity index (χ1) is 10.2. The predicted octanol–water partition coefficient (Wildman–Crippen LogP) is -0.955. The smallest absolute Gasteiger partial charge is 0.239 e. The molecule has 0 unspecified atom stereocenters. The summed E-state index contributed by atoms with van der Waals surface area (Å²) < 4.78 is 0. The molecular formula is C14H27BN4O2S. The second-order valence-corrected chi connectivity index (χ2v) is 6.89. The highest BCUT2D eigenvalue weighted by Crippen LogP contribution is 2.20. The maximum atomic E-state index is 12.0. The van der Waals surface area contributed by atoms with Crippen LogP contribution in [0.1, 0.15) is 27.2 Å². The number of hydrogen-bond donors (Lipinski definition) is 3. The summed E-state index contributed by atoms with van der Waals surface area (Å²) in [6.45, 7) is 7.44. The Morgan fingerprint density at radius 1 is 1.41 bits per heavy atom. The molecule has 0 saturated carbocycles. The van der Waals surface area contributed by atoms with Crippen molar-refractivity contribution in [3.63, 3.8) is 0 Å². The van der Waals surface area contributed by atoms with E-state index in [4.69, 9.17) is 18.0 Å². The van der Waals surface area contributed by atoms with Crippen molar-refractivity contribution in [3.05, 3.63) is 0 Å². The third-order valence-corrected chi connectivity index (χ3v) is 4.33. The van der Waals surface area contributed by atoms with Gasteiger partial charge in [0.2, 0.25) is 11.8 Å².